The molecule has 0 radical (unpaired) electrons. The predicted molar refractivity (Wildman–Crippen MR) is 66.6 cm³/mol. The van der Waals surface area contributed by atoms with Crippen molar-refractivity contribution < 1.29 is 9.90 Å². The lowest BCUT2D eigenvalue weighted by Crippen LogP contribution is -1.99. The van der Waals surface area contributed by atoms with Crippen molar-refractivity contribution in [2.24, 2.45) is 0 Å². The number of aromatic nitrogens is 2. The van der Waals surface area contributed by atoms with Gasteiger partial charge >= 0.3 is 5.97 Å². The summed E-state index contributed by atoms with van der Waals surface area (Å²) in [4.78, 5) is 10.7. The standard InChI is InChI=1S/C9H6N2O2S3/c12-7(13)5-1-3-6(4-2-5)11-9(15)16-8(14)10-11/h1-4H,(H,10,14)(H,12,13). The summed E-state index contributed by atoms with van der Waals surface area (Å²) in [6.07, 6.45) is 0. The number of rotatable bonds is 2. The molecule has 1 aromatic heterocycles. The normalized spacial score (nSPS) is 10.2. The first-order chi connectivity index (χ1) is 7.58. The number of H-pyrrole nitrogens is 1. The van der Waals surface area contributed by atoms with Crippen LogP contribution in [0.5, 0.6) is 0 Å². The van der Waals surface area contributed by atoms with Crippen molar-refractivity contribution in [2.45, 2.75) is 0 Å². The Kier molecular flexibility index (Phi) is 2.99. The molecule has 2 rings (SSSR count). The van der Waals surface area contributed by atoms with Crippen LogP contribution in [0.2, 0.25) is 0 Å². The molecule has 4 nitrogen and oxygen atoms in total. The summed E-state index contributed by atoms with van der Waals surface area (Å²) in [6.45, 7) is 0. The molecule has 0 saturated carbocycles. The number of benzene rings is 1. The third-order valence-corrected chi connectivity index (χ3v) is 3.35. The lowest BCUT2D eigenvalue weighted by atomic mass is 10.2. The van der Waals surface area contributed by atoms with Gasteiger partial charge in [0.1, 0.15) is 0 Å². The van der Waals surface area contributed by atoms with Crippen molar-refractivity contribution in [3.63, 3.8) is 0 Å². The van der Waals surface area contributed by atoms with Crippen molar-refractivity contribution in [3.05, 3.63) is 37.7 Å². The number of carbonyl (C=O) groups is 1. The van der Waals surface area contributed by atoms with E-state index in [0.29, 0.717) is 7.91 Å². The van der Waals surface area contributed by atoms with Gasteiger partial charge in [-0.05, 0) is 48.7 Å². The molecule has 0 fully saturated rings. The molecule has 0 aliphatic rings. The number of carboxylic acids is 1. The largest absolute Gasteiger partial charge is 0.478 e. The molecule has 82 valence electrons. The number of nitrogens with zero attached hydrogens (tertiary/aromatic N) is 1. The van der Waals surface area contributed by atoms with Crippen LogP contribution in [0.15, 0.2) is 24.3 Å². The summed E-state index contributed by atoms with van der Waals surface area (Å²) < 4.78 is 2.84. The van der Waals surface area contributed by atoms with Crippen LogP contribution in [-0.2, 0) is 0 Å². The van der Waals surface area contributed by atoms with Crippen LogP contribution in [0.4, 0.5) is 0 Å². The lowest BCUT2D eigenvalue weighted by molar-refractivity contribution is 0.0697. The van der Waals surface area contributed by atoms with Gasteiger partial charge in [0.2, 0.25) is 0 Å². The highest BCUT2D eigenvalue weighted by molar-refractivity contribution is 7.75. The van der Waals surface area contributed by atoms with Crippen molar-refractivity contribution >= 4 is 41.7 Å². The van der Waals surface area contributed by atoms with Gasteiger partial charge in [0.15, 0.2) is 7.91 Å². The van der Waals surface area contributed by atoms with Gasteiger partial charge in [0.05, 0.1) is 11.3 Å². The molecule has 2 N–H and O–H groups in total. The fraction of sp³-hybridized carbons (Fsp3) is 0. The van der Waals surface area contributed by atoms with Gasteiger partial charge in [0, 0.05) is 0 Å². The molecule has 0 bridgehead atoms. The average Bonchev–Trinajstić information content (AvgIpc) is 2.58. The molecule has 0 saturated heterocycles. The van der Waals surface area contributed by atoms with Gasteiger partial charge in [-0.15, -0.1) is 0 Å². The van der Waals surface area contributed by atoms with Crippen molar-refractivity contribution in [2.75, 3.05) is 0 Å². The molecule has 16 heavy (non-hydrogen) atoms. The fourth-order valence-electron chi connectivity index (χ4n) is 1.21. The molecule has 1 heterocycles. The number of aromatic carboxylic acids is 1. The highest BCUT2D eigenvalue weighted by atomic mass is 32.2. The Balaban J connectivity index is 2.50. The molecule has 0 atom stereocenters. The topological polar surface area (TPSA) is 58.0 Å². The maximum atomic E-state index is 10.7. The van der Waals surface area contributed by atoms with E-state index in [1.54, 1.807) is 16.8 Å². The molecule has 0 amide bonds. The van der Waals surface area contributed by atoms with Gasteiger partial charge in [-0.1, -0.05) is 11.3 Å². The van der Waals surface area contributed by atoms with Crippen molar-refractivity contribution in [1.29, 1.82) is 0 Å². The van der Waals surface area contributed by atoms with Crippen LogP contribution in [0, 0.1) is 7.91 Å². The van der Waals surface area contributed by atoms with Crippen LogP contribution < -0.4 is 0 Å². The average molecular weight is 270 g/mol. The van der Waals surface area contributed by atoms with Gasteiger partial charge in [-0.2, -0.15) is 0 Å². The first-order valence-electron chi connectivity index (χ1n) is 4.24. The summed E-state index contributed by atoms with van der Waals surface area (Å²) in [5.74, 6) is -0.951. The summed E-state index contributed by atoms with van der Waals surface area (Å²) >= 11 is 11.4. The maximum Gasteiger partial charge on any atom is 0.335 e. The zero-order chi connectivity index (χ0) is 11.7. The van der Waals surface area contributed by atoms with Crippen LogP contribution in [0.25, 0.3) is 5.69 Å². The Labute approximate surface area is 105 Å². The molecule has 1 aromatic carbocycles. The van der Waals surface area contributed by atoms with E-state index in [1.807, 2.05) is 0 Å². The quantitative estimate of drug-likeness (QED) is 0.824. The van der Waals surface area contributed by atoms with Crippen molar-refractivity contribution in [3.8, 4) is 5.69 Å². The van der Waals surface area contributed by atoms with E-state index in [-0.39, 0.29) is 5.56 Å². The fourth-order valence-corrected chi connectivity index (χ4v) is 2.63. The second kappa shape index (κ2) is 4.28. The molecule has 0 unspecified atom stereocenters. The summed E-state index contributed by atoms with van der Waals surface area (Å²) in [6, 6.07) is 6.40. The summed E-state index contributed by atoms with van der Waals surface area (Å²) in [5.41, 5.74) is 1.01. The van der Waals surface area contributed by atoms with Gasteiger partial charge in [0.25, 0.3) is 0 Å². The van der Waals surface area contributed by atoms with E-state index in [2.05, 4.69) is 5.10 Å². The highest BCUT2D eigenvalue weighted by Crippen LogP contribution is 2.12. The number of carboxylic acid groups (broad SMARTS) is 1. The zero-order valence-corrected chi connectivity index (χ0v) is 10.3. The zero-order valence-electron chi connectivity index (χ0n) is 7.84. The minimum absolute atomic E-state index is 0.240. The Hall–Kier alpha value is -1.31. The molecular weight excluding hydrogens is 264 g/mol. The van der Waals surface area contributed by atoms with Gasteiger partial charge in [-0.3, -0.25) is 5.10 Å². The van der Waals surface area contributed by atoms with E-state index in [0.717, 1.165) is 5.69 Å². The SMILES string of the molecule is O=C(O)c1ccc(-n2[nH]c(=S)sc2=S)cc1. The maximum absolute atomic E-state index is 10.7. The van der Waals surface area contributed by atoms with Crippen LogP contribution in [0.1, 0.15) is 10.4 Å². The Morgan fingerprint density at radius 3 is 2.38 bits per heavy atom. The highest BCUT2D eigenvalue weighted by Gasteiger charge is 2.03. The molecule has 0 spiro atoms. The number of hydrogen-bond acceptors (Lipinski definition) is 4. The second-order valence-corrected chi connectivity index (χ2v) is 5.27. The smallest absolute Gasteiger partial charge is 0.335 e. The van der Waals surface area contributed by atoms with E-state index in [1.165, 1.54) is 23.5 Å². The molecule has 2 aromatic rings. The van der Waals surface area contributed by atoms with E-state index < -0.39 is 5.97 Å². The monoisotopic (exact) mass is 270 g/mol. The Morgan fingerprint density at radius 2 is 1.94 bits per heavy atom. The van der Waals surface area contributed by atoms with Crippen LogP contribution in [0.3, 0.4) is 0 Å². The van der Waals surface area contributed by atoms with Crippen molar-refractivity contribution in [1.82, 2.24) is 9.78 Å². The number of aromatic amines is 1. The number of hydrogen-bond donors (Lipinski definition) is 2. The predicted octanol–water partition coefficient (Wildman–Crippen LogP) is 3.02. The van der Waals surface area contributed by atoms with Gasteiger partial charge in [-0.25, -0.2) is 9.48 Å². The van der Waals surface area contributed by atoms with Crippen LogP contribution in [-0.4, -0.2) is 20.9 Å². The second-order valence-electron chi connectivity index (χ2n) is 2.95. The van der Waals surface area contributed by atoms with E-state index >= 15 is 0 Å². The molecule has 0 aliphatic heterocycles. The number of nitrogens with one attached hydrogen (secondary N) is 1. The third-order valence-electron chi connectivity index (χ3n) is 1.94. The summed E-state index contributed by atoms with van der Waals surface area (Å²) in [5, 5.41) is 11.7. The molecule has 7 heteroatoms. The molecule has 0 aliphatic carbocycles. The Morgan fingerprint density at radius 1 is 1.31 bits per heavy atom. The Bertz CT molecular complexity index is 636. The van der Waals surface area contributed by atoms with Crippen LogP contribution >= 0.6 is 35.8 Å². The molecular formula is C9H6N2O2S3. The minimum atomic E-state index is -0.951. The van der Waals surface area contributed by atoms with E-state index in [4.69, 9.17) is 29.5 Å². The third kappa shape index (κ3) is 2.11. The minimum Gasteiger partial charge on any atom is -0.478 e. The van der Waals surface area contributed by atoms with Gasteiger partial charge < -0.3 is 5.11 Å². The lowest BCUT2D eigenvalue weighted by Gasteiger charge is -2.01. The first-order valence-corrected chi connectivity index (χ1v) is 5.87. The summed E-state index contributed by atoms with van der Waals surface area (Å²) in [7, 11) is 0. The first kappa shape index (κ1) is 11.2. The van der Waals surface area contributed by atoms with E-state index in [9.17, 15) is 4.79 Å².